The highest BCUT2D eigenvalue weighted by molar-refractivity contribution is 5.96. The zero-order chi connectivity index (χ0) is 13.9. The number of nitrogen functional groups attached to an aromatic ring is 1. The fourth-order valence-corrected chi connectivity index (χ4v) is 2.27. The lowest BCUT2D eigenvalue weighted by molar-refractivity contribution is 0.217. The van der Waals surface area contributed by atoms with Gasteiger partial charge in [0.05, 0.1) is 17.9 Å². The molecule has 6 heteroatoms. The highest BCUT2D eigenvalue weighted by Crippen LogP contribution is 2.26. The number of rotatable bonds is 3. The average molecular weight is 269 g/mol. The molecule has 0 saturated carbocycles. The van der Waals surface area contributed by atoms with Gasteiger partial charge in [-0.2, -0.15) is 0 Å². The van der Waals surface area contributed by atoms with E-state index in [1.54, 1.807) is 34.3 Å². The molecule has 1 aromatic heterocycles. The van der Waals surface area contributed by atoms with Crippen molar-refractivity contribution in [1.82, 2.24) is 14.9 Å². The highest BCUT2D eigenvalue weighted by Gasteiger charge is 2.30. The molecule has 0 spiro atoms. The SMILES string of the molecule is Nc1ccccc1N1CCN(Cc2ncccn2)C1=O. The Kier molecular flexibility index (Phi) is 3.20. The predicted molar refractivity (Wildman–Crippen MR) is 76.0 cm³/mol. The van der Waals surface area contributed by atoms with Crippen LogP contribution in [0.3, 0.4) is 0 Å². The number of hydrogen-bond donors (Lipinski definition) is 1. The van der Waals surface area contributed by atoms with Gasteiger partial charge >= 0.3 is 6.03 Å². The summed E-state index contributed by atoms with van der Waals surface area (Å²) in [6, 6.07) is 9.08. The Morgan fingerprint density at radius 1 is 1.10 bits per heavy atom. The smallest absolute Gasteiger partial charge is 0.325 e. The van der Waals surface area contributed by atoms with Crippen LogP contribution in [0.15, 0.2) is 42.7 Å². The third-order valence-electron chi connectivity index (χ3n) is 3.27. The monoisotopic (exact) mass is 269 g/mol. The van der Waals surface area contributed by atoms with E-state index in [0.717, 1.165) is 5.69 Å². The van der Waals surface area contributed by atoms with Gasteiger partial charge in [0.1, 0.15) is 5.82 Å². The number of benzene rings is 1. The molecule has 0 atom stereocenters. The van der Waals surface area contributed by atoms with Gasteiger partial charge in [0.2, 0.25) is 0 Å². The van der Waals surface area contributed by atoms with E-state index in [9.17, 15) is 4.79 Å². The van der Waals surface area contributed by atoms with Crippen molar-refractivity contribution in [2.45, 2.75) is 6.54 Å². The van der Waals surface area contributed by atoms with Crippen LogP contribution in [0.2, 0.25) is 0 Å². The lowest BCUT2D eigenvalue weighted by Gasteiger charge is -2.19. The minimum atomic E-state index is -0.0599. The molecule has 20 heavy (non-hydrogen) atoms. The Hall–Kier alpha value is -2.63. The number of nitrogens with zero attached hydrogens (tertiary/aromatic N) is 4. The largest absolute Gasteiger partial charge is 0.397 e. The first-order valence-corrected chi connectivity index (χ1v) is 6.42. The van der Waals surface area contributed by atoms with Gasteiger partial charge in [-0.15, -0.1) is 0 Å². The summed E-state index contributed by atoms with van der Waals surface area (Å²) < 4.78 is 0. The van der Waals surface area contributed by atoms with Crippen molar-refractivity contribution in [2.24, 2.45) is 0 Å². The van der Waals surface area contributed by atoms with Crippen molar-refractivity contribution in [3.8, 4) is 0 Å². The van der Waals surface area contributed by atoms with E-state index in [0.29, 0.717) is 31.1 Å². The maximum atomic E-state index is 12.4. The second-order valence-corrected chi connectivity index (χ2v) is 4.58. The number of aromatic nitrogens is 2. The van der Waals surface area contributed by atoms with Crippen molar-refractivity contribution < 1.29 is 4.79 Å². The Balaban J connectivity index is 1.76. The Morgan fingerprint density at radius 2 is 1.85 bits per heavy atom. The van der Waals surface area contributed by atoms with Gasteiger partial charge in [-0.25, -0.2) is 14.8 Å². The van der Waals surface area contributed by atoms with Gasteiger partial charge < -0.3 is 10.6 Å². The topological polar surface area (TPSA) is 75.3 Å². The van der Waals surface area contributed by atoms with Crippen LogP contribution >= 0.6 is 0 Å². The van der Waals surface area contributed by atoms with Crippen LogP contribution < -0.4 is 10.6 Å². The summed E-state index contributed by atoms with van der Waals surface area (Å²) in [6.07, 6.45) is 3.35. The maximum absolute atomic E-state index is 12.4. The summed E-state index contributed by atoms with van der Waals surface area (Å²) in [4.78, 5) is 24.1. The molecule has 2 amide bonds. The number of para-hydroxylation sites is 2. The number of amides is 2. The second-order valence-electron chi connectivity index (χ2n) is 4.58. The molecule has 1 aliphatic heterocycles. The van der Waals surface area contributed by atoms with Gasteiger partial charge in [0.15, 0.2) is 0 Å². The van der Waals surface area contributed by atoms with E-state index in [1.807, 2.05) is 18.2 Å². The molecule has 2 N–H and O–H groups in total. The molecule has 1 saturated heterocycles. The van der Waals surface area contributed by atoms with Crippen molar-refractivity contribution in [3.05, 3.63) is 48.5 Å². The first-order chi connectivity index (χ1) is 9.75. The molecule has 0 aliphatic carbocycles. The summed E-state index contributed by atoms with van der Waals surface area (Å²) in [7, 11) is 0. The Bertz CT molecular complexity index is 616. The first kappa shape index (κ1) is 12.4. The van der Waals surface area contributed by atoms with Gasteiger partial charge in [-0.3, -0.25) is 4.90 Å². The average Bonchev–Trinajstić information content (AvgIpc) is 2.82. The number of carbonyl (C=O) groups excluding carboxylic acids is 1. The van der Waals surface area contributed by atoms with E-state index in [2.05, 4.69) is 9.97 Å². The number of hydrogen-bond acceptors (Lipinski definition) is 4. The van der Waals surface area contributed by atoms with Crippen molar-refractivity contribution in [3.63, 3.8) is 0 Å². The van der Waals surface area contributed by atoms with Crippen molar-refractivity contribution in [1.29, 1.82) is 0 Å². The standard InChI is InChI=1S/C14H15N5O/c15-11-4-1-2-5-12(11)19-9-8-18(14(19)20)10-13-16-6-3-7-17-13/h1-7H,8-10,15H2. The minimum Gasteiger partial charge on any atom is -0.397 e. The molecule has 6 nitrogen and oxygen atoms in total. The summed E-state index contributed by atoms with van der Waals surface area (Å²) >= 11 is 0. The van der Waals surface area contributed by atoms with Crippen molar-refractivity contribution in [2.75, 3.05) is 23.7 Å². The predicted octanol–water partition coefficient (Wildman–Crippen LogP) is 1.50. The quantitative estimate of drug-likeness (QED) is 0.857. The first-order valence-electron chi connectivity index (χ1n) is 6.42. The maximum Gasteiger partial charge on any atom is 0.325 e. The van der Waals surface area contributed by atoms with Crippen LogP contribution in [-0.2, 0) is 6.54 Å². The Morgan fingerprint density at radius 3 is 2.60 bits per heavy atom. The van der Waals surface area contributed by atoms with E-state index >= 15 is 0 Å². The van der Waals surface area contributed by atoms with Crippen LogP contribution in [-0.4, -0.2) is 34.0 Å². The molecule has 0 unspecified atom stereocenters. The summed E-state index contributed by atoms with van der Waals surface area (Å²) in [5, 5.41) is 0. The summed E-state index contributed by atoms with van der Waals surface area (Å²) in [6.45, 7) is 1.69. The molecule has 1 fully saturated rings. The normalized spacial score (nSPS) is 14.9. The van der Waals surface area contributed by atoms with Gasteiger partial charge in [0, 0.05) is 25.5 Å². The molecular formula is C14H15N5O. The molecule has 102 valence electrons. The zero-order valence-electron chi connectivity index (χ0n) is 10.9. The van der Waals surface area contributed by atoms with Gasteiger partial charge in [0.25, 0.3) is 0 Å². The molecular weight excluding hydrogens is 254 g/mol. The molecule has 3 rings (SSSR count). The van der Waals surface area contributed by atoms with Crippen LogP contribution in [0.25, 0.3) is 0 Å². The van der Waals surface area contributed by atoms with Crippen LogP contribution in [0.1, 0.15) is 5.82 Å². The molecule has 2 heterocycles. The number of anilines is 2. The van der Waals surface area contributed by atoms with Crippen LogP contribution in [0.5, 0.6) is 0 Å². The van der Waals surface area contributed by atoms with E-state index < -0.39 is 0 Å². The second kappa shape index (κ2) is 5.16. The molecule has 1 aliphatic rings. The highest BCUT2D eigenvalue weighted by atomic mass is 16.2. The summed E-state index contributed by atoms with van der Waals surface area (Å²) in [5.41, 5.74) is 7.29. The van der Waals surface area contributed by atoms with Gasteiger partial charge in [-0.05, 0) is 18.2 Å². The lowest BCUT2D eigenvalue weighted by Crippen LogP contribution is -2.32. The fourth-order valence-electron chi connectivity index (χ4n) is 2.27. The van der Waals surface area contributed by atoms with E-state index in [4.69, 9.17) is 5.73 Å². The lowest BCUT2D eigenvalue weighted by atomic mass is 10.2. The zero-order valence-corrected chi connectivity index (χ0v) is 10.9. The number of nitrogens with two attached hydrogens (primary N) is 1. The molecule has 1 aromatic carbocycles. The third kappa shape index (κ3) is 2.27. The number of urea groups is 1. The van der Waals surface area contributed by atoms with Gasteiger partial charge in [-0.1, -0.05) is 12.1 Å². The fraction of sp³-hybridized carbons (Fsp3) is 0.214. The third-order valence-corrected chi connectivity index (χ3v) is 3.27. The van der Waals surface area contributed by atoms with Crippen LogP contribution in [0, 0.1) is 0 Å². The molecule has 2 aromatic rings. The van der Waals surface area contributed by atoms with Crippen LogP contribution in [0.4, 0.5) is 16.2 Å². The van der Waals surface area contributed by atoms with Crippen molar-refractivity contribution >= 4 is 17.4 Å². The van der Waals surface area contributed by atoms with E-state index in [1.165, 1.54) is 0 Å². The summed E-state index contributed by atoms with van der Waals surface area (Å²) in [5.74, 6) is 0.642. The molecule has 0 bridgehead atoms. The van der Waals surface area contributed by atoms with E-state index in [-0.39, 0.29) is 6.03 Å². The minimum absolute atomic E-state index is 0.0599. The molecule has 0 radical (unpaired) electrons. The Labute approximate surface area is 116 Å². The number of carbonyl (C=O) groups is 1.